The van der Waals surface area contributed by atoms with Gasteiger partial charge in [-0.25, -0.2) is 0 Å². The Hall–Kier alpha value is -0.420. The maximum Gasteiger partial charge on any atom is 0.191 e. The third-order valence-electron chi connectivity index (χ3n) is 5.62. The first-order valence-electron chi connectivity index (χ1n) is 8.39. The van der Waals surface area contributed by atoms with Crippen molar-refractivity contribution in [2.75, 3.05) is 32.2 Å². The van der Waals surface area contributed by atoms with Gasteiger partial charge in [-0.3, -0.25) is 4.99 Å². The molecule has 0 bridgehead atoms. The molecule has 0 aromatic carbocycles. The molecule has 1 aliphatic heterocycles. The van der Waals surface area contributed by atoms with Crippen molar-refractivity contribution in [3.05, 3.63) is 0 Å². The van der Waals surface area contributed by atoms with E-state index in [1.165, 1.54) is 44.3 Å². The van der Waals surface area contributed by atoms with E-state index in [-0.39, 0.29) is 0 Å². The average molecular weight is 311 g/mol. The van der Waals surface area contributed by atoms with Gasteiger partial charge in [-0.1, -0.05) is 6.42 Å². The zero-order valence-corrected chi connectivity index (χ0v) is 14.2. The van der Waals surface area contributed by atoms with Crippen LogP contribution < -0.4 is 10.6 Å². The molecule has 2 saturated carbocycles. The average Bonchev–Trinajstić information content (AvgIpc) is 2.85. The summed E-state index contributed by atoms with van der Waals surface area (Å²) >= 11 is 1.92. The summed E-state index contributed by atoms with van der Waals surface area (Å²) < 4.78 is 5.98. The second-order valence-electron chi connectivity index (χ2n) is 6.65. The number of ether oxygens (including phenoxy) is 1. The van der Waals surface area contributed by atoms with E-state index in [0.29, 0.717) is 23.5 Å². The predicted molar refractivity (Wildman–Crippen MR) is 90.0 cm³/mol. The number of rotatable bonds is 6. The summed E-state index contributed by atoms with van der Waals surface area (Å²) in [5.74, 6) is 2.95. The molecular weight excluding hydrogens is 282 g/mol. The Labute approximate surface area is 132 Å². The quantitative estimate of drug-likeness (QED) is 0.449. The molecule has 3 aliphatic rings. The van der Waals surface area contributed by atoms with Crippen LogP contribution >= 0.6 is 11.8 Å². The summed E-state index contributed by atoms with van der Waals surface area (Å²) in [6.07, 6.45) is 10.4. The van der Waals surface area contributed by atoms with E-state index < -0.39 is 0 Å². The minimum Gasteiger partial charge on any atom is -0.377 e. The van der Waals surface area contributed by atoms with Gasteiger partial charge in [-0.2, -0.15) is 11.8 Å². The van der Waals surface area contributed by atoms with Crippen LogP contribution in [0.4, 0.5) is 0 Å². The van der Waals surface area contributed by atoms with Crippen LogP contribution in [0.15, 0.2) is 4.99 Å². The van der Waals surface area contributed by atoms with Gasteiger partial charge < -0.3 is 15.4 Å². The van der Waals surface area contributed by atoms with Crippen LogP contribution in [0.3, 0.4) is 0 Å². The van der Waals surface area contributed by atoms with E-state index in [1.54, 1.807) is 0 Å². The summed E-state index contributed by atoms with van der Waals surface area (Å²) in [6, 6.07) is 0.580. The normalized spacial score (nSPS) is 33.2. The molecule has 1 spiro atoms. The molecule has 3 rings (SSSR count). The first-order valence-corrected chi connectivity index (χ1v) is 9.79. The molecule has 3 unspecified atom stereocenters. The van der Waals surface area contributed by atoms with Crippen LogP contribution in [0.5, 0.6) is 0 Å². The third-order valence-corrected chi connectivity index (χ3v) is 6.32. The SMILES string of the molecule is CN=C(NCCCCSC)NC1C2CCOC2C12CCC2. The van der Waals surface area contributed by atoms with Crippen molar-refractivity contribution >= 4 is 17.7 Å². The summed E-state index contributed by atoms with van der Waals surface area (Å²) in [7, 11) is 1.88. The number of guanidine groups is 1. The summed E-state index contributed by atoms with van der Waals surface area (Å²) in [5, 5.41) is 7.19. The maximum atomic E-state index is 5.98. The molecule has 5 heteroatoms. The first-order chi connectivity index (χ1) is 10.3. The van der Waals surface area contributed by atoms with Crippen molar-refractivity contribution in [1.29, 1.82) is 0 Å². The van der Waals surface area contributed by atoms with Gasteiger partial charge in [-0.15, -0.1) is 0 Å². The monoisotopic (exact) mass is 311 g/mol. The smallest absolute Gasteiger partial charge is 0.191 e. The lowest BCUT2D eigenvalue weighted by Crippen LogP contribution is -2.72. The van der Waals surface area contributed by atoms with E-state index in [9.17, 15) is 0 Å². The molecule has 1 saturated heterocycles. The van der Waals surface area contributed by atoms with Crippen LogP contribution in [0.1, 0.15) is 38.5 Å². The van der Waals surface area contributed by atoms with Crippen LogP contribution in [0, 0.1) is 11.3 Å². The maximum absolute atomic E-state index is 5.98. The highest BCUT2D eigenvalue weighted by Gasteiger charge is 2.66. The van der Waals surface area contributed by atoms with Crippen molar-refractivity contribution in [3.8, 4) is 0 Å². The fraction of sp³-hybridized carbons (Fsp3) is 0.938. The van der Waals surface area contributed by atoms with Crippen LogP contribution in [-0.4, -0.2) is 50.3 Å². The highest BCUT2D eigenvalue weighted by molar-refractivity contribution is 7.98. The zero-order chi connectivity index (χ0) is 14.7. The van der Waals surface area contributed by atoms with Gasteiger partial charge in [0.15, 0.2) is 5.96 Å². The minimum absolute atomic E-state index is 0.428. The number of hydrogen-bond acceptors (Lipinski definition) is 3. The number of nitrogens with one attached hydrogen (secondary N) is 2. The molecule has 2 N–H and O–H groups in total. The van der Waals surface area contributed by atoms with Gasteiger partial charge in [0.1, 0.15) is 0 Å². The third kappa shape index (κ3) is 2.79. The number of unbranched alkanes of at least 4 members (excludes halogenated alkanes) is 1. The topological polar surface area (TPSA) is 45.7 Å². The van der Waals surface area contributed by atoms with E-state index in [0.717, 1.165) is 19.1 Å². The summed E-state index contributed by atoms with van der Waals surface area (Å²) in [4.78, 5) is 4.41. The molecule has 0 aromatic rings. The number of nitrogens with zero attached hydrogens (tertiary/aromatic N) is 1. The highest BCUT2D eigenvalue weighted by Crippen LogP contribution is 2.62. The number of aliphatic imine (C=N–C) groups is 1. The molecule has 120 valence electrons. The Morgan fingerprint density at radius 3 is 2.90 bits per heavy atom. The fourth-order valence-corrected chi connectivity index (χ4v) is 4.87. The number of thioether (sulfide) groups is 1. The van der Waals surface area contributed by atoms with Gasteiger partial charge >= 0.3 is 0 Å². The molecule has 1 heterocycles. The molecule has 2 aliphatic carbocycles. The Morgan fingerprint density at radius 1 is 1.38 bits per heavy atom. The Kier molecular flexibility index (Phi) is 4.99. The molecule has 21 heavy (non-hydrogen) atoms. The van der Waals surface area contributed by atoms with E-state index >= 15 is 0 Å². The zero-order valence-electron chi connectivity index (χ0n) is 13.4. The van der Waals surface area contributed by atoms with Gasteiger partial charge in [-0.05, 0) is 44.1 Å². The van der Waals surface area contributed by atoms with Gasteiger partial charge in [0, 0.05) is 37.6 Å². The van der Waals surface area contributed by atoms with E-state index in [4.69, 9.17) is 4.74 Å². The lowest BCUT2D eigenvalue weighted by Gasteiger charge is -2.63. The standard InChI is InChI=1S/C16H29N3OS/c1-17-15(18-9-3-4-11-21-2)19-13-12-6-10-20-14(12)16(13)7-5-8-16/h12-14H,3-11H2,1-2H3,(H2,17,18,19). The minimum atomic E-state index is 0.428. The van der Waals surface area contributed by atoms with Crippen molar-refractivity contribution in [2.45, 2.75) is 50.7 Å². The molecule has 0 radical (unpaired) electrons. The largest absolute Gasteiger partial charge is 0.377 e. The first kappa shape index (κ1) is 15.5. The van der Waals surface area contributed by atoms with E-state index in [2.05, 4.69) is 21.9 Å². The second-order valence-corrected chi connectivity index (χ2v) is 7.64. The Bertz CT molecular complexity index is 384. The number of hydrogen-bond donors (Lipinski definition) is 2. The van der Waals surface area contributed by atoms with Crippen LogP contribution in [-0.2, 0) is 4.74 Å². The summed E-state index contributed by atoms with van der Waals surface area (Å²) in [5.41, 5.74) is 0.428. The molecule has 3 fully saturated rings. The Morgan fingerprint density at radius 2 is 2.24 bits per heavy atom. The predicted octanol–water partition coefficient (Wildman–Crippen LogP) is 2.25. The van der Waals surface area contributed by atoms with Crippen molar-refractivity contribution in [3.63, 3.8) is 0 Å². The molecule has 0 aromatic heterocycles. The van der Waals surface area contributed by atoms with Crippen LogP contribution in [0.2, 0.25) is 0 Å². The lowest BCUT2D eigenvalue weighted by atomic mass is 9.46. The summed E-state index contributed by atoms with van der Waals surface area (Å²) in [6.45, 7) is 1.97. The van der Waals surface area contributed by atoms with Crippen molar-refractivity contribution < 1.29 is 4.74 Å². The van der Waals surface area contributed by atoms with Crippen molar-refractivity contribution in [1.82, 2.24) is 10.6 Å². The lowest BCUT2D eigenvalue weighted by molar-refractivity contribution is -0.171. The van der Waals surface area contributed by atoms with Crippen LogP contribution in [0.25, 0.3) is 0 Å². The Balaban J connectivity index is 1.48. The van der Waals surface area contributed by atoms with Gasteiger partial charge in [0.25, 0.3) is 0 Å². The van der Waals surface area contributed by atoms with Gasteiger partial charge in [0.05, 0.1) is 6.10 Å². The molecule has 3 atom stereocenters. The highest BCUT2D eigenvalue weighted by atomic mass is 32.2. The molecule has 0 amide bonds. The molecular formula is C16H29N3OS. The number of fused-ring (bicyclic) bond motifs is 2. The second kappa shape index (κ2) is 6.78. The van der Waals surface area contributed by atoms with Crippen molar-refractivity contribution in [2.24, 2.45) is 16.3 Å². The molecule has 4 nitrogen and oxygen atoms in total. The fourth-order valence-electron chi connectivity index (χ4n) is 4.38. The van der Waals surface area contributed by atoms with E-state index in [1.807, 2.05) is 18.8 Å². The van der Waals surface area contributed by atoms with Gasteiger partial charge in [0.2, 0.25) is 0 Å².